The van der Waals surface area contributed by atoms with E-state index in [0.717, 1.165) is 39.3 Å². The molecule has 0 amide bonds. The van der Waals surface area contributed by atoms with E-state index in [1.165, 1.54) is 5.56 Å². The van der Waals surface area contributed by atoms with E-state index in [1.807, 2.05) is 12.1 Å². The molecule has 0 aromatic heterocycles. The average molecular weight is 207 g/mol. The number of rotatable bonds is 3. The summed E-state index contributed by atoms with van der Waals surface area (Å²) in [6.07, 6.45) is 0.994. The number of benzene rings is 1. The summed E-state index contributed by atoms with van der Waals surface area (Å²) in [4.78, 5) is 2.40. The Hall–Kier alpha value is -1.06. The van der Waals surface area contributed by atoms with Gasteiger partial charge in [-0.3, -0.25) is 4.90 Å². The highest BCUT2D eigenvalue weighted by atomic mass is 16.5. The van der Waals surface area contributed by atoms with E-state index in [9.17, 15) is 5.11 Å². The number of aromatic hydroxyl groups is 1. The highest BCUT2D eigenvalue weighted by Gasteiger charge is 2.09. The average Bonchev–Trinajstić information content (AvgIpc) is 2.28. The Bertz CT molecular complexity index is 308. The van der Waals surface area contributed by atoms with Gasteiger partial charge in [0.05, 0.1) is 13.2 Å². The number of morpholine rings is 1. The molecule has 3 nitrogen and oxygen atoms in total. The molecule has 1 fully saturated rings. The van der Waals surface area contributed by atoms with Crippen LogP contribution in [0.1, 0.15) is 5.56 Å². The van der Waals surface area contributed by atoms with Crippen molar-refractivity contribution in [1.29, 1.82) is 0 Å². The summed E-state index contributed by atoms with van der Waals surface area (Å²) in [5, 5.41) is 9.32. The molecule has 1 aliphatic rings. The van der Waals surface area contributed by atoms with Gasteiger partial charge in [-0.2, -0.15) is 0 Å². The van der Waals surface area contributed by atoms with Crippen LogP contribution in [0.5, 0.6) is 5.75 Å². The molecule has 2 rings (SSSR count). The maximum atomic E-state index is 9.32. The summed E-state index contributed by atoms with van der Waals surface area (Å²) >= 11 is 0. The first-order chi connectivity index (χ1) is 7.34. The highest BCUT2D eigenvalue weighted by molar-refractivity contribution is 5.27. The van der Waals surface area contributed by atoms with Crippen molar-refractivity contribution in [1.82, 2.24) is 4.90 Å². The normalized spacial score (nSPS) is 17.9. The molecule has 0 radical (unpaired) electrons. The van der Waals surface area contributed by atoms with Gasteiger partial charge in [-0.25, -0.2) is 0 Å². The molecule has 3 heteroatoms. The molecule has 0 unspecified atom stereocenters. The Morgan fingerprint density at radius 2 is 2.07 bits per heavy atom. The molecule has 0 bridgehead atoms. The minimum absolute atomic E-state index is 0.356. The molecule has 1 saturated heterocycles. The molecule has 1 heterocycles. The Labute approximate surface area is 90.3 Å². The smallest absolute Gasteiger partial charge is 0.115 e. The Balaban J connectivity index is 1.81. The predicted octanol–water partition coefficient (Wildman–Crippen LogP) is 1.27. The van der Waals surface area contributed by atoms with Gasteiger partial charge < -0.3 is 9.84 Å². The van der Waals surface area contributed by atoms with E-state index in [0.29, 0.717) is 5.75 Å². The van der Waals surface area contributed by atoms with Crippen LogP contribution < -0.4 is 0 Å². The van der Waals surface area contributed by atoms with Crippen molar-refractivity contribution in [3.05, 3.63) is 29.8 Å². The lowest BCUT2D eigenvalue weighted by Crippen LogP contribution is -2.37. The van der Waals surface area contributed by atoms with Gasteiger partial charge >= 0.3 is 0 Å². The molecule has 0 aliphatic carbocycles. The summed E-state index contributed by atoms with van der Waals surface area (Å²) in [6, 6.07) is 7.49. The van der Waals surface area contributed by atoms with E-state index in [4.69, 9.17) is 4.74 Å². The van der Waals surface area contributed by atoms with Crippen LogP contribution in [-0.4, -0.2) is 42.9 Å². The van der Waals surface area contributed by atoms with Crippen molar-refractivity contribution in [3.8, 4) is 5.75 Å². The van der Waals surface area contributed by atoms with Gasteiger partial charge in [-0.05, 0) is 24.1 Å². The van der Waals surface area contributed by atoms with Gasteiger partial charge in [0.2, 0.25) is 0 Å². The first kappa shape index (κ1) is 10.5. The monoisotopic (exact) mass is 207 g/mol. The van der Waals surface area contributed by atoms with E-state index in [1.54, 1.807) is 6.07 Å². The Morgan fingerprint density at radius 3 is 2.80 bits per heavy atom. The molecule has 82 valence electrons. The summed E-state index contributed by atoms with van der Waals surface area (Å²) in [6.45, 7) is 4.80. The molecular formula is C12H17NO2. The minimum atomic E-state index is 0.356. The van der Waals surface area contributed by atoms with Crippen LogP contribution in [0, 0.1) is 0 Å². The van der Waals surface area contributed by atoms with Crippen LogP contribution in [0.4, 0.5) is 0 Å². The number of hydrogen-bond acceptors (Lipinski definition) is 3. The summed E-state index contributed by atoms with van der Waals surface area (Å²) in [5.41, 5.74) is 1.20. The molecule has 0 spiro atoms. The third-order valence-corrected chi connectivity index (χ3v) is 2.73. The maximum Gasteiger partial charge on any atom is 0.115 e. The van der Waals surface area contributed by atoms with Gasteiger partial charge in [-0.1, -0.05) is 12.1 Å². The molecule has 15 heavy (non-hydrogen) atoms. The standard InChI is InChI=1S/C12H17NO2/c14-12-3-1-2-11(10-12)4-5-13-6-8-15-9-7-13/h1-3,10,14H,4-9H2. The number of phenolic OH excluding ortho intramolecular Hbond substituents is 1. The zero-order valence-corrected chi connectivity index (χ0v) is 8.85. The second kappa shape index (κ2) is 5.14. The van der Waals surface area contributed by atoms with E-state index in [2.05, 4.69) is 11.0 Å². The number of hydrogen-bond donors (Lipinski definition) is 1. The number of ether oxygens (including phenoxy) is 1. The lowest BCUT2D eigenvalue weighted by molar-refractivity contribution is 0.0384. The zero-order chi connectivity index (χ0) is 10.5. The van der Waals surface area contributed by atoms with Crippen LogP contribution in [0.15, 0.2) is 24.3 Å². The molecule has 1 aromatic rings. The fourth-order valence-electron chi connectivity index (χ4n) is 1.82. The van der Waals surface area contributed by atoms with E-state index in [-0.39, 0.29) is 0 Å². The summed E-state index contributed by atoms with van der Waals surface area (Å²) in [5.74, 6) is 0.356. The lowest BCUT2D eigenvalue weighted by atomic mass is 10.1. The maximum absolute atomic E-state index is 9.32. The fraction of sp³-hybridized carbons (Fsp3) is 0.500. The Kier molecular flexibility index (Phi) is 3.59. The molecule has 1 N–H and O–H groups in total. The van der Waals surface area contributed by atoms with Crippen LogP contribution >= 0.6 is 0 Å². The summed E-state index contributed by atoms with van der Waals surface area (Å²) < 4.78 is 5.29. The van der Waals surface area contributed by atoms with Gasteiger partial charge in [-0.15, -0.1) is 0 Å². The first-order valence-electron chi connectivity index (χ1n) is 5.42. The fourth-order valence-corrected chi connectivity index (χ4v) is 1.82. The second-order valence-electron chi connectivity index (χ2n) is 3.87. The van der Waals surface area contributed by atoms with Crippen molar-refractivity contribution >= 4 is 0 Å². The van der Waals surface area contributed by atoms with Crippen LogP contribution in [0.3, 0.4) is 0 Å². The third kappa shape index (κ3) is 3.22. The van der Waals surface area contributed by atoms with E-state index >= 15 is 0 Å². The molecule has 1 aromatic carbocycles. The predicted molar refractivity (Wildman–Crippen MR) is 59.1 cm³/mol. The first-order valence-corrected chi connectivity index (χ1v) is 5.42. The summed E-state index contributed by atoms with van der Waals surface area (Å²) in [7, 11) is 0. The van der Waals surface area contributed by atoms with Gasteiger partial charge in [0, 0.05) is 19.6 Å². The third-order valence-electron chi connectivity index (χ3n) is 2.73. The minimum Gasteiger partial charge on any atom is -0.508 e. The van der Waals surface area contributed by atoms with Crippen molar-refractivity contribution in [2.75, 3.05) is 32.8 Å². The lowest BCUT2D eigenvalue weighted by Gasteiger charge is -2.26. The SMILES string of the molecule is Oc1cccc(CCN2CCOCC2)c1. The molecule has 0 atom stereocenters. The second-order valence-corrected chi connectivity index (χ2v) is 3.87. The van der Waals surface area contributed by atoms with Crippen molar-refractivity contribution in [2.45, 2.75) is 6.42 Å². The van der Waals surface area contributed by atoms with Crippen molar-refractivity contribution in [2.24, 2.45) is 0 Å². The highest BCUT2D eigenvalue weighted by Crippen LogP contribution is 2.11. The largest absolute Gasteiger partial charge is 0.508 e. The van der Waals surface area contributed by atoms with E-state index < -0.39 is 0 Å². The van der Waals surface area contributed by atoms with Gasteiger partial charge in [0.15, 0.2) is 0 Å². The van der Waals surface area contributed by atoms with Gasteiger partial charge in [0.25, 0.3) is 0 Å². The van der Waals surface area contributed by atoms with Crippen LogP contribution in [0.2, 0.25) is 0 Å². The molecule has 1 aliphatic heterocycles. The topological polar surface area (TPSA) is 32.7 Å². The van der Waals surface area contributed by atoms with Crippen LogP contribution in [-0.2, 0) is 11.2 Å². The molecule has 0 saturated carbocycles. The van der Waals surface area contributed by atoms with Crippen molar-refractivity contribution in [3.63, 3.8) is 0 Å². The Morgan fingerprint density at radius 1 is 1.27 bits per heavy atom. The zero-order valence-electron chi connectivity index (χ0n) is 8.85. The van der Waals surface area contributed by atoms with Crippen LogP contribution in [0.25, 0.3) is 0 Å². The van der Waals surface area contributed by atoms with Crippen molar-refractivity contribution < 1.29 is 9.84 Å². The number of phenols is 1. The molecular weight excluding hydrogens is 190 g/mol. The number of nitrogens with zero attached hydrogens (tertiary/aromatic N) is 1. The quantitative estimate of drug-likeness (QED) is 0.810. The van der Waals surface area contributed by atoms with Gasteiger partial charge in [0.1, 0.15) is 5.75 Å².